The van der Waals surface area contributed by atoms with Gasteiger partial charge in [0.1, 0.15) is 11.6 Å². The number of anilines is 1. The molecule has 0 aliphatic heterocycles. The molecule has 2 rings (SSSR count). The largest absolute Gasteiger partial charge is 0.488 e. The Morgan fingerprint density at radius 2 is 2.17 bits per heavy atom. The minimum absolute atomic E-state index is 0.258. The third-order valence-corrected chi connectivity index (χ3v) is 1.79. The maximum atomic E-state index is 12.7. The van der Waals surface area contributed by atoms with Gasteiger partial charge in [-0.25, -0.2) is 4.39 Å². The van der Waals surface area contributed by atoms with E-state index in [2.05, 4.69) is 0 Å². The molecule has 2 N–H and O–H groups in total. The van der Waals surface area contributed by atoms with Crippen molar-refractivity contribution in [2.45, 2.75) is 18.9 Å². The molecule has 0 spiro atoms. The molecule has 0 radical (unpaired) electrons. The fraction of sp³-hybridized carbons (Fsp3) is 0.333. The predicted octanol–water partition coefficient (Wildman–Crippen LogP) is 1.95. The summed E-state index contributed by atoms with van der Waals surface area (Å²) >= 11 is 0. The monoisotopic (exact) mass is 167 g/mol. The van der Waals surface area contributed by atoms with Crippen LogP contribution in [0.5, 0.6) is 5.75 Å². The number of rotatable bonds is 2. The first-order valence-electron chi connectivity index (χ1n) is 3.97. The SMILES string of the molecule is Nc1ccc(F)cc1OC1CC1. The van der Waals surface area contributed by atoms with E-state index in [9.17, 15) is 4.39 Å². The minimum atomic E-state index is -0.306. The highest BCUT2D eigenvalue weighted by molar-refractivity contribution is 5.52. The van der Waals surface area contributed by atoms with Gasteiger partial charge in [-0.15, -0.1) is 0 Å². The third kappa shape index (κ3) is 1.49. The summed E-state index contributed by atoms with van der Waals surface area (Å²) < 4.78 is 18.1. The number of ether oxygens (including phenoxy) is 1. The number of halogens is 1. The van der Waals surface area contributed by atoms with Crippen molar-refractivity contribution in [2.24, 2.45) is 0 Å². The molecule has 0 bridgehead atoms. The van der Waals surface area contributed by atoms with Crippen molar-refractivity contribution in [2.75, 3.05) is 5.73 Å². The lowest BCUT2D eigenvalue weighted by molar-refractivity contribution is 0.303. The number of benzene rings is 1. The average molecular weight is 167 g/mol. The fourth-order valence-electron chi connectivity index (χ4n) is 0.976. The van der Waals surface area contributed by atoms with E-state index >= 15 is 0 Å². The van der Waals surface area contributed by atoms with Gasteiger partial charge >= 0.3 is 0 Å². The molecule has 0 atom stereocenters. The topological polar surface area (TPSA) is 35.2 Å². The second-order valence-electron chi connectivity index (χ2n) is 3.00. The van der Waals surface area contributed by atoms with Crippen LogP contribution in [0.2, 0.25) is 0 Å². The van der Waals surface area contributed by atoms with Gasteiger partial charge in [0.05, 0.1) is 11.8 Å². The van der Waals surface area contributed by atoms with Crippen molar-refractivity contribution in [1.29, 1.82) is 0 Å². The standard InChI is InChI=1S/C9H10FNO/c10-6-1-4-8(11)9(5-6)12-7-2-3-7/h1,4-5,7H,2-3,11H2. The molecule has 0 aromatic heterocycles. The van der Waals surface area contributed by atoms with E-state index in [0.717, 1.165) is 12.8 Å². The zero-order chi connectivity index (χ0) is 8.55. The van der Waals surface area contributed by atoms with Gasteiger partial charge in [-0.1, -0.05) is 0 Å². The first-order valence-corrected chi connectivity index (χ1v) is 3.97. The fourth-order valence-corrected chi connectivity index (χ4v) is 0.976. The quantitative estimate of drug-likeness (QED) is 0.683. The molecule has 2 nitrogen and oxygen atoms in total. The van der Waals surface area contributed by atoms with Crippen LogP contribution in [0.3, 0.4) is 0 Å². The van der Waals surface area contributed by atoms with Crippen LogP contribution in [0.4, 0.5) is 10.1 Å². The van der Waals surface area contributed by atoms with E-state index in [0.29, 0.717) is 11.4 Å². The van der Waals surface area contributed by atoms with Gasteiger partial charge in [0.15, 0.2) is 0 Å². The summed E-state index contributed by atoms with van der Waals surface area (Å²) in [5.41, 5.74) is 6.08. The van der Waals surface area contributed by atoms with Gasteiger partial charge in [0.25, 0.3) is 0 Å². The van der Waals surface area contributed by atoms with Crippen molar-refractivity contribution >= 4 is 5.69 Å². The van der Waals surface area contributed by atoms with Crippen LogP contribution in [0, 0.1) is 5.82 Å². The van der Waals surface area contributed by atoms with Crippen LogP contribution in [-0.2, 0) is 0 Å². The Bertz CT molecular complexity index is 297. The zero-order valence-electron chi connectivity index (χ0n) is 6.59. The second kappa shape index (κ2) is 2.66. The average Bonchev–Trinajstić information content (AvgIpc) is 2.81. The van der Waals surface area contributed by atoms with Crippen LogP contribution in [-0.4, -0.2) is 6.10 Å². The number of hydrogen-bond donors (Lipinski definition) is 1. The summed E-state index contributed by atoms with van der Waals surface area (Å²) in [5.74, 6) is 0.164. The number of nitrogen functional groups attached to an aromatic ring is 1. The molecular formula is C9H10FNO. The van der Waals surface area contributed by atoms with Gasteiger partial charge in [0.2, 0.25) is 0 Å². The van der Waals surface area contributed by atoms with Crippen LogP contribution in [0.15, 0.2) is 18.2 Å². The highest BCUT2D eigenvalue weighted by Gasteiger charge is 2.24. The lowest BCUT2D eigenvalue weighted by Gasteiger charge is -2.06. The molecular weight excluding hydrogens is 157 g/mol. The van der Waals surface area contributed by atoms with E-state index in [1.165, 1.54) is 18.2 Å². The van der Waals surface area contributed by atoms with Crippen molar-refractivity contribution in [3.8, 4) is 5.75 Å². The number of nitrogens with two attached hydrogens (primary N) is 1. The Hall–Kier alpha value is -1.25. The lowest BCUT2D eigenvalue weighted by atomic mass is 10.3. The molecule has 1 saturated carbocycles. The van der Waals surface area contributed by atoms with Crippen molar-refractivity contribution in [3.63, 3.8) is 0 Å². The van der Waals surface area contributed by atoms with Gasteiger partial charge in [-0.05, 0) is 25.0 Å². The Labute approximate surface area is 70.1 Å². The molecule has 0 heterocycles. The molecule has 1 aliphatic carbocycles. The molecule has 1 aromatic carbocycles. The Morgan fingerprint density at radius 1 is 1.42 bits per heavy atom. The summed E-state index contributed by atoms with van der Waals surface area (Å²) in [4.78, 5) is 0. The minimum Gasteiger partial charge on any atom is -0.488 e. The molecule has 0 saturated heterocycles. The van der Waals surface area contributed by atoms with Gasteiger partial charge in [0, 0.05) is 6.07 Å². The summed E-state index contributed by atoms with van der Waals surface area (Å²) in [5, 5.41) is 0. The van der Waals surface area contributed by atoms with E-state index in [1.54, 1.807) is 0 Å². The van der Waals surface area contributed by atoms with Gasteiger partial charge < -0.3 is 10.5 Å². The smallest absolute Gasteiger partial charge is 0.145 e. The summed E-state index contributed by atoms with van der Waals surface area (Å²) in [6.45, 7) is 0. The van der Waals surface area contributed by atoms with Gasteiger partial charge in [-0.2, -0.15) is 0 Å². The van der Waals surface area contributed by atoms with E-state index < -0.39 is 0 Å². The first-order chi connectivity index (χ1) is 5.75. The summed E-state index contributed by atoms with van der Waals surface area (Å²) in [6, 6.07) is 4.18. The van der Waals surface area contributed by atoms with Crippen LogP contribution in [0.25, 0.3) is 0 Å². The van der Waals surface area contributed by atoms with E-state index in [1.807, 2.05) is 0 Å². The Kier molecular flexibility index (Phi) is 1.64. The Balaban J connectivity index is 2.21. The van der Waals surface area contributed by atoms with Crippen molar-refractivity contribution in [3.05, 3.63) is 24.0 Å². The van der Waals surface area contributed by atoms with Crippen LogP contribution >= 0.6 is 0 Å². The molecule has 3 heteroatoms. The maximum absolute atomic E-state index is 12.7. The maximum Gasteiger partial charge on any atom is 0.145 e. The summed E-state index contributed by atoms with van der Waals surface area (Å²) in [6.07, 6.45) is 2.36. The first kappa shape index (κ1) is 7.40. The lowest BCUT2D eigenvalue weighted by Crippen LogP contribution is -1.99. The predicted molar refractivity (Wildman–Crippen MR) is 44.5 cm³/mol. The molecule has 64 valence electrons. The van der Waals surface area contributed by atoms with Crippen LogP contribution in [0.1, 0.15) is 12.8 Å². The molecule has 1 aromatic rings. The molecule has 1 aliphatic rings. The van der Waals surface area contributed by atoms with E-state index in [4.69, 9.17) is 10.5 Å². The second-order valence-corrected chi connectivity index (χ2v) is 3.00. The van der Waals surface area contributed by atoms with Gasteiger partial charge in [-0.3, -0.25) is 0 Å². The molecule has 1 fully saturated rings. The zero-order valence-corrected chi connectivity index (χ0v) is 6.59. The third-order valence-electron chi connectivity index (χ3n) is 1.79. The number of hydrogen-bond acceptors (Lipinski definition) is 2. The normalized spacial score (nSPS) is 16.1. The van der Waals surface area contributed by atoms with E-state index in [-0.39, 0.29) is 11.9 Å². The van der Waals surface area contributed by atoms with Crippen molar-refractivity contribution in [1.82, 2.24) is 0 Å². The Morgan fingerprint density at radius 3 is 2.83 bits per heavy atom. The van der Waals surface area contributed by atoms with Crippen LogP contribution < -0.4 is 10.5 Å². The van der Waals surface area contributed by atoms with Crippen molar-refractivity contribution < 1.29 is 9.13 Å². The molecule has 0 amide bonds. The summed E-state index contributed by atoms with van der Waals surface area (Å²) in [7, 11) is 0. The highest BCUT2D eigenvalue weighted by Crippen LogP contribution is 2.30. The highest BCUT2D eigenvalue weighted by atomic mass is 19.1. The molecule has 0 unspecified atom stereocenters. The molecule has 12 heavy (non-hydrogen) atoms.